The molecule has 1 heterocycles. The number of aromatic nitrogens is 1. The average molecular weight is 292 g/mol. The number of carbonyl (C=O) groups excluding carboxylic acids is 1. The third kappa shape index (κ3) is 3.61. The van der Waals surface area contributed by atoms with Crippen molar-refractivity contribution < 1.29 is 9.53 Å². The molecule has 0 atom stereocenters. The van der Waals surface area contributed by atoms with Crippen LogP contribution in [0.4, 0.5) is 22.0 Å². The third-order valence-electron chi connectivity index (χ3n) is 2.64. The first-order valence-corrected chi connectivity index (χ1v) is 6.30. The van der Waals surface area contributed by atoms with E-state index in [4.69, 9.17) is 11.6 Å². The van der Waals surface area contributed by atoms with Crippen LogP contribution in [0.3, 0.4) is 0 Å². The molecule has 6 heteroatoms. The van der Waals surface area contributed by atoms with Gasteiger partial charge in [0.15, 0.2) is 0 Å². The maximum absolute atomic E-state index is 11.0. The second-order valence-electron chi connectivity index (χ2n) is 4.14. The van der Waals surface area contributed by atoms with Gasteiger partial charge >= 0.3 is 6.09 Å². The number of hydrogen-bond acceptors (Lipinski definition) is 4. The Balaban J connectivity index is 2.06. The van der Waals surface area contributed by atoms with Gasteiger partial charge in [-0.1, -0.05) is 17.7 Å². The molecule has 20 heavy (non-hydrogen) atoms. The molecule has 0 aliphatic carbocycles. The Bertz CT molecular complexity index is 614. The molecule has 2 N–H and O–H groups in total. The zero-order valence-electron chi connectivity index (χ0n) is 11.1. The molecule has 0 radical (unpaired) electrons. The smallest absolute Gasteiger partial charge is 0.411 e. The zero-order chi connectivity index (χ0) is 14.5. The number of nitrogens with zero attached hydrogens (tertiary/aromatic N) is 1. The van der Waals surface area contributed by atoms with Crippen LogP contribution in [0.2, 0.25) is 5.02 Å². The number of ether oxygens (including phenoxy) is 1. The Hall–Kier alpha value is -2.27. The van der Waals surface area contributed by atoms with E-state index in [9.17, 15) is 4.79 Å². The van der Waals surface area contributed by atoms with Crippen LogP contribution in [0, 0.1) is 6.92 Å². The highest BCUT2D eigenvalue weighted by Gasteiger charge is 2.02. The Labute approximate surface area is 121 Å². The lowest BCUT2D eigenvalue weighted by Gasteiger charge is -2.08. The van der Waals surface area contributed by atoms with Crippen LogP contribution in [-0.2, 0) is 4.74 Å². The van der Waals surface area contributed by atoms with E-state index in [1.54, 1.807) is 12.1 Å². The number of nitrogens with one attached hydrogen (secondary N) is 2. The van der Waals surface area contributed by atoms with Crippen molar-refractivity contribution in [2.45, 2.75) is 6.92 Å². The number of benzene rings is 1. The number of methoxy groups -OCH3 is 1. The van der Waals surface area contributed by atoms with Crippen molar-refractivity contribution in [2.75, 3.05) is 17.7 Å². The predicted molar refractivity (Wildman–Crippen MR) is 79.7 cm³/mol. The maximum atomic E-state index is 11.0. The molecule has 2 aromatic rings. The van der Waals surface area contributed by atoms with Crippen molar-refractivity contribution in [3.8, 4) is 0 Å². The molecule has 1 amide bonds. The summed E-state index contributed by atoms with van der Waals surface area (Å²) >= 11 is 6.06. The highest BCUT2D eigenvalue weighted by atomic mass is 35.5. The average Bonchev–Trinajstić information content (AvgIpc) is 2.45. The van der Waals surface area contributed by atoms with Gasteiger partial charge in [-0.2, -0.15) is 0 Å². The maximum Gasteiger partial charge on any atom is 0.411 e. The van der Waals surface area contributed by atoms with Crippen LogP contribution in [0.15, 0.2) is 36.5 Å². The van der Waals surface area contributed by atoms with Crippen molar-refractivity contribution in [1.29, 1.82) is 0 Å². The minimum atomic E-state index is -0.530. The van der Waals surface area contributed by atoms with E-state index < -0.39 is 6.09 Å². The molecule has 0 fully saturated rings. The number of hydrogen-bond donors (Lipinski definition) is 2. The second-order valence-corrected chi connectivity index (χ2v) is 4.54. The van der Waals surface area contributed by atoms with Crippen LogP contribution in [0.25, 0.3) is 0 Å². The van der Waals surface area contributed by atoms with Gasteiger partial charge in [0.05, 0.1) is 19.0 Å². The number of pyridine rings is 1. The summed E-state index contributed by atoms with van der Waals surface area (Å²) in [4.78, 5) is 15.2. The van der Waals surface area contributed by atoms with Gasteiger partial charge in [-0.25, -0.2) is 9.78 Å². The van der Waals surface area contributed by atoms with E-state index >= 15 is 0 Å². The predicted octanol–water partition coefficient (Wildman–Crippen LogP) is 3.97. The molecule has 0 unspecified atom stereocenters. The van der Waals surface area contributed by atoms with Gasteiger partial charge in [-0.3, -0.25) is 5.32 Å². The van der Waals surface area contributed by atoms with E-state index in [2.05, 4.69) is 20.4 Å². The fourth-order valence-corrected chi connectivity index (χ4v) is 1.71. The highest BCUT2D eigenvalue weighted by molar-refractivity contribution is 6.31. The van der Waals surface area contributed by atoms with E-state index in [1.807, 2.05) is 25.1 Å². The first-order valence-electron chi connectivity index (χ1n) is 5.92. The lowest BCUT2D eigenvalue weighted by molar-refractivity contribution is 0.187. The fourth-order valence-electron chi connectivity index (χ4n) is 1.53. The summed E-state index contributed by atoms with van der Waals surface area (Å²) in [6.45, 7) is 1.94. The van der Waals surface area contributed by atoms with Gasteiger partial charge in [0.1, 0.15) is 5.82 Å². The van der Waals surface area contributed by atoms with Crippen LogP contribution < -0.4 is 10.6 Å². The lowest BCUT2D eigenvalue weighted by Crippen LogP contribution is -2.11. The summed E-state index contributed by atoms with van der Waals surface area (Å²) < 4.78 is 4.50. The Morgan fingerprint density at radius 1 is 1.25 bits per heavy atom. The Kier molecular flexibility index (Phi) is 4.42. The summed E-state index contributed by atoms with van der Waals surface area (Å²) in [5.74, 6) is 0.653. The van der Waals surface area contributed by atoms with Crippen molar-refractivity contribution in [3.05, 3.63) is 47.1 Å². The molecular formula is C14H14ClN3O2. The first kappa shape index (κ1) is 14.1. The van der Waals surface area contributed by atoms with Gasteiger partial charge < -0.3 is 10.1 Å². The third-order valence-corrected chi connectivity index (χ3v) is 3.05. The largest absolute Gasteiger partial charge is 0.453 e. The second kappa shape index (κ2) is 6.25. The monoisotopic (exact) mass is 291 g/mol. The summed E-state index contributed by atoms with van der Waals surface area (Å²) in [6.07, 6.45) is 1.01. The molecule has 0 aliphatic heterocycles. The van der Waals surface area contributed by atoms with E-state index in [0.717, 1.165) is 11.3 Å². The molecule has 0 spiro atoms. The minimum Gasteiger partial charge on any atom is -0.453 e. The van der Waals surface area contributed by atoms with E-state index in [0.29, 0.717) is 16.5 Å². The number of amides is 1. The first-order chi connectivity index (χ1) is 9.58. The molecule has 5 nitrogen and oxygen atoms in total. The van der Waals surface area contributed by atoms with Crippen LogP contribution in [0.5, 0.6) is 0 Å². The normalized spacial score (nSPS) is 9.95. The number of aryl methyl sites for hydroxylation is 1. The standard InChI is InChI=1S/C14H14ClN3O2/c1-9-3-4-10(7-12(9)15)17-13-6-5-11(8-16-13)18-14(19)20-2/h3-8H,1-2H3,(H,16,17)(H,18,19). The number of carbonyl (C=O) groups is 1. The minimum absolute atomic E-state index is 0.530. The topological polar surface area (TPSA) is 63.2 Å². The fraction of sp³-hybridized carbons (Fsp3) is 0.143. The van der Waals surface area contributed by atoms with Crippen molar-refractivity contribution in [3.63, 3.8) is 0 Å². The molecule has 0 saturated heterocycles. The molecule has 1 aromatic heterocycles. The Morgan fingerprint density at radius 3 is 2.60 bits per heavy atom. The Morgan fingerprint density at radius 2 is 2.00 bits per heavy atom. The quantitative estimate of drug-likeness (QED) is 0.898. The van der Waals surface area contributed by atoms with E-state index in [-0.39, 0.29) is 0 Å². The molecule has 0 bridgehead atoms. The molecule has 1 aromatic carbocycles. The highest BCUT2D eigenvalue weighted by Crippen LogP contribution is 2.22. The van der Waals surface area contributed by atoms with Crippen LogP contribution in [0.1, 0.15) is 5.56 Å². The molecule has 0 saturated carbocycles. The van der Waals surface area contributed by atoms with E-state index in [1.165, 1.54) is 13.3 Å². The van der Waals surface area contributed by atoms with Gasteiger partial charge in [0, 0.05) is 10.7 Å². The van der Waals surface area contributed by atoms with Crippen molar-refractivity contribution in [1.82, 2.24) is 4.98 Å². The summed E-state index contributed by atoms with van der Waals surface area (Å²) in [5, 5.41) is 6.35. The zero-order valence-corrected chi connectivity index (χ0v) is 11.9. The van der Waals surface area contributed by atoms with Crippen molar-refractivity contribution in [2.24, 2.45) is 0 Å². The molecule has 0 aliphatic rings. The van der Waals surface area contributed by atoms with Gasteiger partial charge in [-0.15, -0.1) is 0 Å². The van der Waals surface area contributed by atoms with Gasteiger partial charge in [0.25, 0.3) is 0 Å². The number of halogens is 1. The van der Waals surface area contributed by atoms with Crippen LogP contribution >= 0.6 is 11.6 Å². The van der Waals surface area contributed by atoms with Crippen molar-refractivity contribution >= 4 is 34.9 Å². The lowest BCUT2D eigenvalue weighted by atomic mass is 10.2. The molecular weight excluding hydrogens is 278 g/mol. The number of rotatable bonds is 3. The van der Waals surface area contributed by atoms with Gasteiger partial charge in [-0.05, 0) is 36.8 Å². The number of anilines is 3. The summed E-state index contributed by atoms with van der Waals surface area (Å²) in [5.41, 5.74) is 2.42. The van der Waals surface area contributed by atoms with Crippen LogP contribution in [-0.4, -0.2) is 18.2 Å². The molecule has 104 valence electrons. The summed E-state index contributed by atoms with van der Waals surface area (Å²) in [6, 6.07) is 9.15. The molecule has 2 rings (SSSR count). The van der Waals surface area contributed by atoms with Gasteiger partial charge in [0.2, 0.25) is 0 Å². The summed E-state index contributed by atoms with van der Waals surface area (Å²) in [7, 11) is 1.31. The SMILES string of the molecule is COC(=O)Nc1ccc(Nc2ccc(C)c(Cl)c2)nc1.